The molecule has 0 heterocycles. The minimum atomic E-state index is -1.62. The molecule has 2 unspecified atom stereocenters. The van der Waals surface area contributed by atoms with Crippen molar-refractivity contribution in [1.82, 2.24) is 0 Å². The van der Waals surface area contributed by atoms with Crippen LogP contribution in [0.25, 0.3) is 0 Å². The number of rotatable bonds is 2. The first-order valence-corrected chi connectivity index (χ1v) is 6.31. The van der Waals surface area contributed by atoms with Crippen LogP contribution in [0.3, 0.4) is 0 Å². The monoisotopic (exact) mass is 290 g/mol. The van der Waals surface area contributed by atoms with Gasteiger partial charge in [-0.3, -0.25) is 4.79 Å². The van der Waals surface area contributed by atoms with Gasteiger partial charge in [0.1, 0.15) is 5.69 Å². The molecule has 0 radical (unpaired) electrons. The number of amides is 1. The predicted octanol–water partition coefficient (Wildman–Crippen LogP) is 2.70. The van der Waals surface area contributed by atoms with Crippen LogP contribution in [0, 0.1) is 29.2 Å². The summed E-state index contributed by atoms with van der Waals surface area (Å²) in [5.74, 6) is -7.71. The summed E-state index contributed by atoms with van der Waals surface area (Å²) in [5, 5.41) is 1.91. The Labute approximate surface area is 113 Å². The molecule has 0 spiro atoms. The molecule has 2 rings (SSSR count). The standard InChI is InChI=1S/C13H14F4N2O/c14-7-5-8(15)11(17)12(10(7)16)19-13(20)6-3-1-2-4-9(6)18/h5-6,9H,1-4,18H2,(H,19,20). The van der Waals surface area contributed by atoms with Crippen molar-refractivity contribution in [2.24, 2.45) is 11.7 Å². The normalized spacial score (nSPS) is 22.6. The Bertz CT molecular complexity index is 509. The van der Waals surface area contributed by atoms with E-state index in [1.165, 1.54) is 0 Å². The number of anilines is 1. The molecular formula is C13H14F4N2O. The Morgan fingerprint density at radius 2 is 1.65 bits per heavy atom. The van der Waals surface area contributed by atoms with Crippen molar-refractivity contribution in [3.8, 4) is 0 Å². The molecule has 1 fully saturated rings. The second-order valence-electron chi connectivity index (χ2n) is 4.89. The van der Waals surface area contributed by atoms with Gasteiger partial charge in [0.2, 0.25) is 5.91 Å². The molecule has 0 bridgehead atoms. The second-order valence-corrected chi connectivity index (χ2v) is 4.89. The lowest BCUT2D eigenvalue weighted by atomic mass is 9.84. The van der Waals surface area contributed by atoms with Crippen molar-refractivity contribution in [3.05, 3.63) is 29.3 Å². The molecule has 1 aromatic carbocycles. The number of benzene rings is 1. The summed E-state index contributed by atoms with van der Waals surface area (Å²) < 4.78 is 52.9. The fraction of sp³-hybridized carbons (Fsp3) is 0.462. The first-order valence-electron chi connectivity index (χ1n) is 6.31. The van der Waals surface area contributed by atoms with Gasteiger partial charge in [0.15, 0.2) is 23.3 Å². The van der Waals surface area contributed by atoms with Gasteiger partial charge in [0.25, 0.3) is 0 Å². The van der Waals surface area contributed by atoms with E-state index in [2.05, 4.69) is 0 Å². The Kier molecular flexibility index (Phi) is 4.27. The molecule has 0 aliphatic heterocycles. The van der Waals surface area contributed by atoms with E-state index in [0.717, 1.165) is 12.8 Å². The number of carbonyl (C=O) groups excluding carboxylic acids is 1. The van der Waals surface area contributed by atoms with E-state index in [9.17, 15) is 22.4 Å². The van der Waals surface area contributed by atoms with Gasteiger partial charge < -0.3 is 11.1 Å². The van der Waals surface area contributed by atoms with Crippen molar-refractivity contribution in [1.29, 1.82) is 0 Å². The lowest BCUT2D eigenvalue weighted by Crippen LogP contribution is -2.41. The zero-order valence-corrected chi connectivity index (χ0v) is 10.6. The summed E-state index contributed by atoms with van der Waals surface area (Å²) in [4.78, 5) is 11.9. The molecule has 0 aromatic heterocycles. The fourth-order valence-electron chi connectivity index (χ4n) is 2.38. The van der Waals surface area contributed by atoms with Crippen LogP contribution in [0.2, 0.25) is 0 Å². The maximum absolute atomic E-state index is 13.4. The molecular weight excluding hydrogens is 276 g/mol. The molecule has 2 atom stereocenters. The molecule has 1 aromatic rings. The number of nitrogens with two attached hydrogens (primary N) is 1. The molecule has 1 aliphatic rings. The van der Waals surface area contributed by atoms with Gasteiger partial charge in [-0.25, -0.2) is 17.6 Å². The first-order chi connectivity index (χ1) is 9.41. The summed E-state index contributed by atoms with van der Waals surface area (Å²) in [7, 11) is 0. The third kappa shape index (κ3) is 2.77. The maximum atomic E-state index is 13.4. The highest BCUT2D eigenvalue weighted by Gasteiger charge is 2.30. The summed E-state index contributed by atoms with van der Waals surface area (Å²) in [6.45, 7) is 0. The Balaban J connectivity index is 2.23. The summed E-state index contributed by atoms with van der Waals surface area (Å²) in [5.41, 5.74) is 4.67. The molecule has 3 nitrogen and oxygen atoms in total. The average molecular weight is 290 g/mol. The number of carbonyl (C=O) groups is 1. The quantitative estimate of drug-likeness (QED) is 0.650. The molecule has 0 saturated heterocycles. The molecule has 1 amide bonds. The number of halogens is 4. The van der Waals surface area contributed by atoms with Gasteiger partial charge in [0, 0.05) is 12.1 Å². The lowest BCUT2D eigenvalue weighted by Gasteiger charge is -2.27. The SMILES string of the molecule is NC1CCCCC1C(=O)Nc1c(F)c(F)cc(F)c1F. The van der Waals surface area contributed by atoms with Gasteiger partial charge in [-0.1, -0.05) is 12.8 Å². The van der Waals surface area contributed by atoms with E-state index in [-0.39, 0.29) is 6.07 Å². The summed E-state index contributed by atoms with van der Waals surface area (Å²) >= 11 is 0. The maximum Gasteiger partial charge on any atom is 0.229 e. The first kappa shape index (κ1) is 14.8. The number of hydrogen-bond donors (Lipinski definition) is 2. The van der Waals surface area contributed by atoms with Crippen molar-refractivity contribution in [2.75, 3.05) is 5.32 Å². The molecule has 20 heavy (non-hydrogen) atoms. The number of nitrogens with one attached hydrogen (secondary N) is 1. The molecule has 110 valence electrons. The van der Waals surface area contributed by atoms with Crippen LogP contribution >= 0.6 is 0 Å². The minimum Gasteiger partial charge on any atom is -0.327 e. The third-order valence-corrected chi connectivity index (χ3v) is 3.52. The zero-order valence-electron chi connectivity index (χ0n) is 10.6. The number of hydrogen-bond acceptors (Lipinski definition) is 2. The van der Waals surface area contributed by atoms with Crippen molar-refractivity contribution in [2.45, 2.75) is 31.7 Å². The van der Waals surface area contributed by atoms with E-state index >= 15 is 0 Å². The highest BCUT2D eigenvalue weighted by Crippen LogP contribution is 2.28. The van der Waals surface area contributed by atoms with Crippen LogP contribution in [-0.4, -0.2) is 11.9 Å². The second kappa shape index (κ2) is 5.78. The Morgan fingerprint density at radius 1 is 1.10 bits per heavy atom. The van der Waals surface area contributed by atoms with Gasteiger partial charge in [-0.05, 0) is 12.8 Å². The van der Waals surface area contributed by atoms with Gasteiger partial charge in [-0.15, -0.1) is 0 Å². The van der Waals surface area contributed by atoms with Crippen LogP contribution in [0.5, 0.6) is 0 Å². The molecule has 7 heteroatoms. The molecule has 3 N–H and O–H groups in total. The van der Waals surface area contributed by atoms with Crippen molar-refractivity contribution < 1.29 is 22.4 Å². The van der Waals surface area contributed by atoms with Crippen LogP contribution in [-0.2, 0) is 4.79 Å². The van der Waals surface area contributed by atoms with E-state index < -0.39 is 46.8 Å². The topological polar surface area (TPSA) is 55.1 Å². The zero-order chi connectivity index (χ0) is 14.9. The van der Waals surface area contributed by atoms with Crippen LogP contribution in [0.1, 0.15) is 25.7 Å². The van der Waals surface area contributed by atoms with Crippen molar-refractivity contribution >= 4 is 11.6 Å². The Morgan fingerprint density at radius 3 is 2.20 bits per heavy atom. The minimum absolute atomic E-state index is 0.0899. The average Bonchev–Trinajstić information content (AvgIpc) is 2.41. The van der Waals surface area contributed by atoms with Crippen LogP contribution in [0.4, 0.5) is 23.2 Å². The highest BCUT2D eigenvalue weighted by atomic mass is 19.2. The fourth-order valence-corrected chi connectivity index (χ4v) is 2.38. The van der Waals surface area contributed by atoms with Crippen LogP contribution in [0.15, 0.2) is 6.07 Å². The van der Waals surface area contributed by atoms with E-state index in [1.807, 2.05) is 5.32 Å². The smallest absolute Gasteiger partial charge is 0.229 e. The Hall–Kier alpha value is -1.63. The van der Waals surface area contributed by atoms with E-state index in [0.29, 0.717) is 12.8 Å². The molecule has 1 saturated carbocycles. The largest absolute Gasteiger partial charge is 0.327 e. The van der Waals surface area contributed by atoms with Crippen LogP contribution < -0.4 is 11.1 Å². The van der Waals surface area contributed by atoms with Gasteiger partial charge in [0.05, 0.1) is 5.92 Å². The highest BCUT2D eigenvalue weighted by molar-refractivity contribution is 5.93. The van der Waals surface area contributed by atoms with Gasteiger partial charge >= 0.3 is 0 Å². The molecule has 1 aliphatic carbocycles. The van der Waals surface area contributed by atoms with Crippen molar-refractivity contribution in [3.63, 3.8) is 0 Å². The summed E-state index contributed by atoms with van der Waals surface area (Å²) in [6.07, 6.45) is 2.76. The van der Waals surface area contributed by atoms with E-state index in [1.54, 1.807) is 0 Å². The third-order valence-electron chi connectivity index (χ3n) is 3.52. The lowest BCUT2D eigenvalue weighted by molar-refractivity contribution is -0.121. The predicted molar refractivity (Wildman–Crippen MR) is 64.8 cm³/mol. The van der Waals surface area contributed by atoms with Gasteiger partial charge in [-0.2, -0.15) is 0 Å². The summed E-state index contributed by atoms with van der Waals surface area (Å²) in [6, 6.07) is -0.333. The van der Waals surface area contributed by atoms with E-state index in [4.69, 9.17) is 5.73 Å².